The highest BCUT2D eigenvalue weighted by atomic mass is 35.5. The molecule has 424 valence electrons. The molecule has 0 heterocycles. The van der Waals surface area contributed by atoms with Gasteiger partial charge in [-0.3, -0.25) is 0 Å². The van der Waals surface area contributed by atoms with Crippen LogP contribution < -0.4 is 0 Å². The molecule has 0 aromatic heterocycles. The number of carbonyl (C=O) groups is 2. The van der Waals surface area contributed by atoms with Crippen LogP contribution in [0.15, 0.2) is 24.3 Å². The van der Waals surface area contributed by atoms with Gasteiger partial charge in [-0.25, -0.2) is 9.59 Å². The number of rotatable bonds is 47. The number of halogens is 1. The molecule has 0 aliphatic heterocycles. The van der Waals surface area contributed by atoms with E-state index < -0.39 is 11.9 Å². The molecule has 0 spiro atoms. The summed E-state index contributed by atoms with van der Waals surface area (Å²) in [7, 11) is 13.0. The minimum Gasteiger partial charge on any atom is -0.478 e. The Bertz CT molecular complexity index is 872. The summed E-state index contributed by atoms with van der Waals surface area (Å²) in [6.45, 7) is 19.9. The lowest BCUT2D eigenvalue weighted by molar-refractivity contribution is -0.133. The van der Waals surface area contributed by atoms with Crippen LogP contribution in [0.5, 0.6) is 0 Å². The van der Waals surface area contributed by atoms with E-state index >= 15 is 0 Å². The van der Waals surface area contributed by atoms with Crippen LogP contribution in [0.4, 0.5) is 0 Å². The van der Waals surface area contributed by atoms with Crippen molar-refractivity contribution in [3.63, 3.8) is 0 Å². The van der Waals surface area contributed by atoms with Gasteiger partial charge in [0.05, 0.1) is 0 Å². The summed E-state index contributed by atoms with van der Waals surface area (Å²) < 4.78 is 0. The molecule has 0 fully saturated rings. The van der Waals surface area contributed by atoms with Gasteiger partial charge in [0.1, 0.15) is 0 Å². The van der Waals surface area contributed by atoms with Gasteiger partial charge >= 0.3 is 11.9 Å². The van der Waals surface area contributed by atoms with E-state index in [4.69, 9.17) is 10.2 Å². The van der Waals surface area contributed by atoms with E-state index in [0.29, 0.717) is 0 Å². The lowest BCUT2D eigenvalue weighted by atomic mass is 10.0. The second kappa shape index (κ2) is 71.8. The number of nitrogens with zero attached hydrogens (tertiary/aromatic N) is 3. The average molecular weight is 1020 g/mol. The molecule has 0 aromatic rings. The third-order valence-corrected chi connectivity index (χ3v) is 12.6. The average Bonchev–Trinajstić information content (AvgIpc) is 3.30. The zero-order chi connectivity index (χ0) is 52.9. The summed E-state index contributed by atoms with van der Waals surface area (Å²) in [5.74, 6) is -1.87. The number of hydrogen-bond donors (Lipinski definition) is 2. The van der Waals surface area contributed by atoms with Crippen LogP contribution >= 0.6 is 12.4 Å². The lowest BCUT2D eigenvalue weighted by Crippen LogP contribution is -2.12. The highest BCUT2D eigenvalue weighted by Gasteiger charge is 1.98. The van der Waals surface area contributed by atoms with Crippen molar-refractivity contribution in [3.05, 3.63) is 24.3 Å². The predicted octanol–water partition coefficient (Wildman–Crippen LogP) is 19.8. The third-order valence-electron chi connectivity index (χ3n) is 12.6. The first-order valence-corrected chi connectivity index (χ1v) is 29.8. The highest BCUT2D eigenvalue weighted by Crippen LogP contribution is 2.16. The fourth-order valence-electron chi connectivity index (χ4n) is 7.87. The van der Waals surface area contributed by atoms with Crippen LogP contribution in [0.1, 0.15) is 304 Å². The summed E-state index contributed by atoms with van der Waals surface area (Å²) in [6, 6.07) is 0. The molecule has 2 N–H and O–H groups in total. The van der Waals surface area contributed by atoms with Crippen LogP contribution in [0.25, 0.3) is 0 Å². The Morgan fingerprint density at radius 1 is 0.286 bits per heavy atom. The molecule has 0 unspecified atom stereocenters. The van der Waals surface area contributed by atoms with Crippen molar-refractivity contribution < 1.29 is 19.8 Å². The maximum absolute atomic E-state index is 9.60. The van der Waals surface area contributed by atoms with E-state index in [1.807, 2.05) is 0 Å². The molecule has 0 atom stereocenters. The molecule has 0 amide bonds. The molecule has 0 aliphatic rings. The quantitative estimate of drug-likeness (QED) is 0.0464. The summed E-state index contributed by atoms with van der Waals surface area (Å²) in [6.07, 6.45) is 60.9. The fraction of sp³-hybridized carbons (Fsp3) is 0.903. The smallest absolute Gasteiger partial charge is 0.330 e. The molecule has 0 aliphatic carbocycles. The second-order valence-corrected chi connectivity index (χ2v) is 21.4. The molecule has 0 radical (unpaired) electrons. The largest absolute Gasteiger partial charge is 0.478 e. The van der Waals surface area contributed by atoms with Crippen LogP contribution in [-0.4, -0.2) is 98.8 Å². The van der Waals surface area contributed by atoms with Gasteiger partial charge in [-0.15, -0.1) is 12.4 Å². The van der Waals surface area contributed by atoms with Gasteiger partial charge in [-0.05, 0) is 95.0 Å². The molecule has 0 bridgehead atoms. The number of hydrogen-bond acceptors (Lipinski definition) is 5. The highest BCUT2D eigenvalue weighted by molar-refractivity contribution is 5.85. The van der Waals surface area contributed by atoms with Gasteiger partial charge in [0.25, 0.3) is 0 Å². The van der Waals surface area contributed by atoms with Gasteiger partial charge in [0, 0.05) is 11.1 Å². The minimum atomic E-state index is -0.935. The van der Waals surface area contributed by atoms with Crippen molar-refractivity contribution in [1.29, 1.82) is 0 Å². The Labute approximate surface area is 447 Å². The molecule has 0 rings (SSSR count). The molecule has 0 saturated carbocycles. The monoisotopic (exact) mass is 1020 g/mol. The van der Waals surface area contributed by atoms with Crippen molar-refractivity contribution in [1.82, 2.24) is 14.7 Å². The third kappa shape index (κ3) is 96.1. The van der Waals surface area contributed by atoms with Crippen LogP contribution in [0, 0.1) is 0 Å². The van der Waals surface area contributed by atoms with E-state index in [2.05, 4.69) is 90.9 Å². The summed E-state index contributed by atoms with van der Waals surface area (Å²) in [5, 5.41) is 15.8. The Balaban J connectivity index is -0.000000194. The summed E-state index contributed by atoms with van der Waals surface area (Å²) in [5.41, 5.74) is 0.352. The maximum atomic E-state index is 9.60. The van der Waals surface area contributed by atoms with Gasteiger partial charge in [-0.1, -0.05) is 284 Å². The van der Waals surface area contributed by atoms with E-state index in [0.717, 1.165) is 0 Å². The zero-order valence-electron chi connectivity index (χ0n) is 49.7. The molecule has 8 heteroatoms. The minimum absolute atomic E-state index is 0. The molecule has 70 heavy (non-hydrogen) atoms. The first-order valence-electron chi connectivity index (χ1n) is 29.8. The van der Waals surface area contributed by atoms with Crippen molar-refractivity contribution in [3.8, 4) is 0 Å². The van der Waals surface area contributed by atoms with Crippen molar-refractivity contribution in [2.75, 3.05) is 61.9 Å². The first kappa shape index (κ1) is 80.0. The predicted molar refractivity (Wildman–Crippen MR) is 319 cm³/mol. The molecular formula is C62H130ClN3O4. The van der Waals surface area contributed by atoms with Gasteiger partial charge in [0.15, 0.2) is 0 Å². The van der Waals surface area contributed by atoms with E-state index in [1.165, 1.54) is 303 Å². The SMILES string of the molecule is C=C(C)C(=O)O.C=C(C)C(=O)O.CCCCCCCCCCCCCCCCN(C)C.CCCCCCCCCCCCCCCCN(C)C.CCCCCCCCCCCCCCCCN(C)C.Cl. The molecule has 7 nitrogen and oxygen atoms in total. The standard InChI is InChI=1S/3C18H39N.2C4H6O2.ClH/c3*1-4-5-6-7-8-9-10-11-12-13-14-15-16-17-18-19(2)3;2*1-3(2)4(5)6;/h3*4-18H2,1-3H3;2*1H2,2H3,(H,5,6);1H. The number of carboxylic acids is 2. The number of unbranched alkanes of at least 4 members (excludes halogenated alkanes) is 39. The van der Waals surface area contributed by atoms with Crippen molar-refractivity contribution >= 4 is 24.3 Å². The Morgan fingerprint density at radius 3 is 0.471 bits per heavy atom. The Morgan fingerprint density at radius 2 is 0.386 bits per heavy atom. The van der Waals surface area contributed by atoms with Crippen molar-refractivity contribution in [2.45, 2.75) is 304 Å². The van der Waals surface area contributed by atoms with E-state index in [9.17, 15) is 9.59 Å². The van der Waals surface area contributed by atoms with Gasteiger partial charge in [-0.2, -0.15) is 0 Å². The molecule has 0 aromatic carbocycles. The van der Waals surface area contributed by atoms with Crippen LogP contribution in [0.2, 0.25) is 0 Å². The van der Waals surface area contributed by atoms with Gasteiger partial charge < -0.3 is 24.9 Å². The summed E-state index contributed by atoms with van der Waals surface area (Å²) >= 11 is 0. The van der Waals surface area contributed by atoms with E-state index in [1.54, 1.807) is 0 Å². The zero-order valence-corrected chi connectivity index (χ0v) is 50.5. The van der Waals surface area contributed by atoms with Crippen LogP contribution in [0.3, 0.4) is 0 Å². The van der Waals surface area contributed by atoms with Crippen molar-refractivity contribution in [2.24, 2.45) is 0 Å². The number of carboxylic acid groups (broad SMARTS) is 2. The lowest BCUT2D eigenvalue weighted by Gasteiger charge is -2.08. The maximum Gasteiger partial charge on any atom is 0.330 e. The first-order chi connectivity index (χ1) is 33.1. The Kier molecular flexibility index (Phi) is 82.1. The number of aliphatic carboxylic acids is 2. The topological polar surface area (TPSA) is 84.3 Å². The van der Waals surface area contributed by atoms with Gasteiger partial charge in [0.2, 0.25) is 0 Å². The second-order valence-electron chi connectivity index (χ2n) is 21.4. The normalized spacial score (nSPS) is 10.5. The Hall–Kier alpha value is -1.41. The summed E-state index contributed by atoms with van der Waals surface area (Å²) in [4.78, 5) is 26.1. The molecular weight excluding hydrogens is 886 g/mol. The van der Waals surface area contributed by atoms with E-state index in [-0.39, 0.29) is 23.6 Å². The fourth-order valence-corrected chi connectivity index (χ4v) is 7.87. The molecule has 0 saturated heterocycles. The van der Waals surface area contributed by atoms with Crippen LogP contribution in [-0.2, 0) is 9.59 Å².